The van der Waals surface area contributed by atoms with Gasteiger partial charge in [-0.15, -0.1) is 0 Å². The van der Waals surface area contributed by atoms with E-state index in [2.05, 4.69) is 31.2 Å². The largest absolute Gasteiger partial charge is 0.337 e. The summed E-state index contributed by atoms with van der Waals surface area (Å²) in [6.45, 7) is 3.32. The van der Waals surface area contributed by atoms with E-state index in [1.165, 1.54) is 31.2 Å². The van der Waals surface area contributed by atoms with Crippen LogP contribution < -0.4 is 4.90 Å². The minimum absolute atomic E-state index is 0.114. The van der Waals surface area contributed by atoms with E-state index in [1.54, 1.807) is 6.07 Å². The molecule has 1 saturated carbocycles. The van der Waals surface area contributed by atoms with Gasteiger partial charge in [0.1, 0.15) is 6.07 Å². The first-order chi connectivity index (χ1) is 15.0. The minimum Gasteiger partial charge on any atom is -0.337 e. The molecule has 0 unspecified atom stereocenters. The molecule has 0 aromatic heterocycles. The first-order valence-electron chi connectivity index (χ1n) is 11.3. The number of anilines is 2. The lowest BCUT2D eigenvalue weighted by molar-refractivity contribution is -0.184. The van der Waals surface area contributed by atoms with Crippen LogP contribution in [0.3, 0.4) is 0 Å². The Morgan fingerprint density at radius 3 is 2.55 bits per heavy atom. The first kappa shape index (κ1) is 20.2. The lowest BCUT2D eigenvalue weighted by atomic mass is 9.82. The van der Waals surface area contributed by atoms with Crippen molar-refractivity contribution in [1.29, 1.82) is 5.26 Å². The molecule has 2 aromatic carbocycles. The molecular formula is C26H28N2O3. The van der Waals surface area contributed by atoms with Crippen LogP contribution >= 0.6 is 0 Å². The van der Waals surface area contributed by atoms with Gasteiger partial charge in [-0.1, -0.05) is 38.0 Å². The van der Waals surface area contributed by atoms with Gasteiger partial charge in [-0.05, 0) is 60.9 Å². The first-order valence-corrected chi connectivity index (χ1v) is 11.3. The number of carbonyl (C=O) groups excluding carboxylic acids is 1. The number of hydrogen-bond acceptors (Lipinski definition) is 5. The maximum absolute atomic E-state index is 13.3. The average molecular weight is 417 g/mol. The summed E-state index contributed by atoms with van der Waals surface area (Å²) < 4.78 is 11.9. The van der Waals surface area contributed by atoms with Crippen molar-refractivity contribution < 1.29 is 14.3 Å². The molecule has 1 spiro atoms. The summed E-state index contributed by atoms with van der Waals surface area (Å²) in [6.07, 6.45) is 7.37. The molecule has 0 radical (unpaired) electrons. The molecule has 0 atom stereocenters. The van der Waals surface area contributed by atoms with E-state index in [0.717, 1.165) is 29.8 Å². The summed E-state index contributed by atoms with van der Waals surface area (Å²) in [7, 11) is 0. The fraction of sp³-hybridized carbons (Fsp3) is 0.462. The summed E-state index contributed by atoms with van der Waals surface area (Å²) in [6, 6.07) is 16.0. The zero-order chi connectivity index (χ0) is 21.5. The summed E-state index contributed by atoms with van der Waals surface area (Å²) >= 11 is 0. The van der Waals surface area contributed by atoms with Gasteiger partial charge in [0.25, 0.3) is 5.79 Å². The van der Waals surface area contributed by atoms with Crippen molar-refractivity contribution in [1.82, 2.24) is 0 Å². The third-order valence-corrected chi connectivity index (χ3v) is 7.21. The number of hydrogen-bond donors (Lipinski definition) is 0. The summed E-state index contributed by atoms with van der Waals surface area (Å²) in [5, 5.41) is 9.60. The van der Waals surface area contributed by atoms with Crippen molar-refractivity contribution in [3.05, 3.63) is 59.2 Å². The van der Waals surface area contributed by atoms with Crippen molar-refractivity contribution in [3.8, 4) is 6.07 Å². The van der Waals surface area contributed by atoms with E-state index in [0.29, 0.717) is 24.2 Å². The number of aryl methyl sites for hydroxylation is 1. The topological polar surface area (TPSA) is 62.6 Å². The highest BCUT2D eigenvalue weighted by Gasteiger charge is 2.51. The number of nitrogens with zero attached hydrogens (tertiary/aromatic N) is 2. The molecule has 2 heterocycles. The van der Waals surface area contributed by atoms with Gasteiger partial charge in [0, 0.05) is 5.56 Å². The number of Topliss-reactive ketones (excluding diaryl/α,β-unsaturated/α-hetero) is 1. The van der Waals surface area contributed by atoms with Gasteiger partial charge in [0.05, 0.1) is 36.7 Å². The Kier molecular flexibility index (Phi) is 5.08. The number of nitriles is 1. The van der Waals surface area contributed by atoms with Crippen molar-refractivity contribution >= 4 is 17.2 Å². The summed E-state index contributed by atoms with van der Waals surface area (Å²) in [5.41, 5.74) is 4.54. The third kappa shape index (κ3) is 3.44. The molecule has 0 N–H and O–H groups in total. The molecule has 5 heteroatoms. The Bertz CT molecular complexity index is 1040. The van der Waals surface area contributed by atoms with E-state index in [-0.39, 0.29) is 12.3 Å². The molecule has 2 aromatic rings. The Labute approximate surface area is 183 Å². The average Bonchev–Trinajstić information content (AvgIpc) is 3.46. The van der Waals surface area contributed by atoms with Crippen molar-refractivity contribution in [2.24, 2.45) is 5.41 Å². The number of rotatable bonds is 4. The number of benzene rings is 2. The normalized spacial score (nSPS) is 21.3. The summed E-state index contributed by atoms with van der Waals surface area (Å²) in [4.78, 5) is 15.2. The number of ether oxygens (including phenoxy) is 2. The quantitative estimate of drug-likeness (QED) is 0.702. The van der Waals surface area contributed by atoms with Gasteiger partial charge in [0.2, 0.25) is 5.78 Å². The predicted octanol–water partition coefficient (Wildman–Crippen LogP) is 4.99. The Balaban J connectivity index is 1.55. The van der Waals surface area contributed by atoms with Crippen LogP contribution in [0.25, 0.3) is 0 Å². The highest BCUT2D eigenvalue weighted by molar-refractivity contribution is 5.98. The molecule has 5 nitrogen and oxygen atoms in total. The maximum Gasteiger partial charge on any atom is 0.260 e. The molecule has 31 heavy (non-hydrogen) atoms. The molecule has 2 fully saturated rings. The van der Waals surface area contributed by atoms with Crippen molar-refractivity contribution in [2.45, 2.75) is 51.2 Å². The Morgan fingerprint density at radius 1 is 1.06 bits per heavy atom. The van der Waals surface area contributed by atoms with Crippen LogP contribution in [-0.2, 0) is 26.5 Å². The highest BCUT2D eigenvalue weighted by Crippen LogP contribution is 2.46. The smallest absolute Gasteiger partial charge is 0.260 e. The fourth-order valence-corrected chi connectivity index (χ4v) is 5.39. The summed E-state index contributed by atoms with van der Waals surface area (Å²) in [5.74, 6) is -1.44. The molecule has 1 aliphatic carbocycles. The second-order valence-electron chi connectivity index (χ2n) is 9.32. The van der Waals surface area contributed by atoms with Crippen LogP contribution in [0.4, 0.5) is 11.4 Å². The van der Waals surface area contributed by atoms with E-state index in [4.69, 9.17) is 9.47 Å². The van der Waals surface area contributed by atoms with Gasteiger partial charge in [-0.2, -0.15) is 5.26 Å². The van der Waals surface area contributed by atoms with Crippen LogP contribution in [0.2, 0.25) is 0 Å². The van der Waals surface area contributed by atoms with E-state index in [1.807, 2.05) is 23.1 Å². The fourth-order valence-electron chi connectivity index (χ4n) is 5.39. The number of fused-ring (bicyclic) bond motifs is 2. The van der Waals surface area contributed by atoms with Gasteiger partial charge in [0.15, 0.2) is 0 Å². The number of para-hydroxylation sites is 1. The third-order valence-electron chi connectivity index (χ3n) is 7.21. The molecule has 1 saturated heterocycles. The molecule has 0 bridgehead atoms. The van der Waals surface area contributed by atoms with Crippen LogP contribution in [0.15, 0.2) is 42.5 Å². The van der Waals surface area contributed by atoms with E-state index in [9.17, 15) is 10.1 Å². The minimum atomic E-state index is -1.32. The molecule has 0 amide bonds. The molecular weight excluding hydrogens is 388 g/mol. The lowest BCUT2D eigenvalue weighted by Crippen LogP contribution is -2.48. The van der Waals surface area contributed by atoms with Crippen molar-refractivity contribution in [2.75, 3.05) is 24.7 Å². The standard InChI is InChI=1S/C26H28N2O3/c1-25(11-4-5-12-25)13-10-19-8-9-23-21(16-19)26(30-14-15-31-26)24(29)18-28(23)22-7-3-2-6-20(22)17-27/h2-3,6-9,16H,4-5,10-15,18H2,1H3. The number of ketones is 1. The van der Waals surface area contributed by atoms with Gasteiger partial charge in [-0.3, -0.25) is 4.79 Å². The Morgan fingerprint density at radius 2 is 1.81 bits per heavy atom. The number of carbonyl (C=O) groups is 1. The van der Waals surface area contributed by atoms with E-state index < -0.39 is 5.79 Å². The second-order valence-corrected chi connectivity index (χ2v) is 9.32. The SMILES string of the molecule is CC1(CCc2ccc3c(c2)C2(OCCO2)C(=O)CN3c2ccccc2C#N)CCCC1. The van der Waals surface area contributed by atoms with Gasteiger partial charge in [-0.25, -0.2) is 0 Å². The van der Waals surface area contributed by atoms with Gasteiger partial charge < -0.3 is 14.4 Å². The zero-order valence-corrected chi connectivity index (χ0v) is 18.0. The zero-order valence-electron chi connectivity index (χ0n) is 18.0. The predicted molar refractivity (Wildman–Crippen MR) is 118 cm³/mol. The van der Waals surface area contributed by atoms with E-state index >= 15 is 0 Å². The monoisotopic (exact) mass is 416 g/mol. The molecule has 3 aliphatic rings. The van der Waals surface area contributed by atoms with Crippen molar-refractivity contribution in [3.63, 3.8) is 0 Å². The maximum atomic E-state index is 13.3. The molecule has 160 valence electrons. The second kappa shape index (κ2) is 7.78. The lowest BCUT2D eigenvalue weighted by Gasteiger charge is -2.39. The van der Waals surface area contributed by atoms with Gasteiger partial charge >= 0.3 is 0 Å². The molecule has 2 aliphatic heterocycles. The van der Waals surface area contributed by atoms with Crippen LogP contribution in [0.1, 0.15) is 55.7 Å². The van der Waals surface area contributed by atoms with Crippen LogP contribution in [-0.4, -0.2) is 25.5 Å². The Hall–Kier alpha value is -2.68. The molecule has 5 rings (SSSR count). The van der Waals surface area contributed by atoms with Crippen LogP contribution in [0, 0.1) is 16.7 Å². The highest BCUT2D eigenvalue weighted by atomic mass is 16.7. The van der Waals surface area contributed by atoms with Crippen LogP contribution in [0.5, 0.6) is 0 Å².